The molecule has 3 rings (SSSR count). The summed E-state index contributed by atoms with van der Waals surface area (Å²) in [5, 5.41) is 11.0. The Morgan fingerprint density at radius 3 is 2.37 bits per heavy atom. The molecule has 0 fully saturated rings. The maximum Gasteiger partial charge on any atom is 0.328 e. The predicted octanol–water partition coefficient (Wildman–Crippen LogP) is 3.29. The normalized spacial score (nSPS) is 12.6. The number of rotatable bonds is 5. The molecule has 1 atom stereocenters. The van der Waals surface area contributed by atoms with Crippen LogP contribution in [0.4, 0.5) is 0 Å². The van der Waals surface area contributed by atoms with E-state index in [4.69, 9.17) is 4.74 Å². The van der Waals surface area contributed by atoms with Crippen LogP contribution in [-0.2, 0) is 4.79 Å². The van der Waals surface area contributed by atoms with E-state index in [1.165, 1.54) is 22.8 Å². The van der Waals surface area contributed by atoms with Gasteiger partial charge in [-0.1, -0.05) is 18.2 Å². The molecule has 1 N–H and O–H groups in total. The van der Waals surface area contributed by atoms with E-state index in [9.17, 15) is 14.7 Å². The molecule has 0 spiro atoms. The molecule has 0 aliphatic rings. The maximum atomic E-state index is 13.1. The molecular formula is C20H18N2O4S. The molecule has 2 aromatic carbocycles. The Morgan fingerprint density at radius 2 is 1.78 bits per heavy atom. The Hall–Kier alpha value is -3.19. The maximum absolute atomic E-state index is 13.1. The predicted molar refractivity (Wildman–Crippen MR) is 103 cm³/mol. The smallest absolute Gasteiger partial charge is 0.328 e. The van der Waals surface area contributed by atoms with Gasteiger partial charge in [-0.05, 0) is 48.9 Å². The van der Waals surface area contributed by atoms with Gasteiger partial charge in [0.05, 0.1) is 12.8 Å². The summed E-state index contributed by atoms with van der Waals surface area (Å²) in [5.74, 6) is -0.605. The second kappa shape index (κ2) is 8.01. The zero-order valence-corrected chi connectivity index (χ0v) is 15.6. The first-order valence-electron chi connectivity index (χ1n) is 8.22. The molecule has 0 radical (unpaired) electrons. The number of carbonyl (C=O) groups is 2. The third-order valence-electron chi connectivity index (χ3n) is 3.98. The van der Waals surface area contributed by atoms with Gasteiger partial charge in [-0.25, -0.2) is 9.79 Å². The molecule has 138 valence electrons. The van der Waals surface area contributed by atoms with Gasteiger partial charge in [-0.3, -0.25) is 9.36 Å². The molecule has 3 aromatic rings. The highest BCUT2D eigenvalue weighted by atomic mass is 32.1. The molecular weight excluding hydrogens is 364 g/mol. The van der Waals surface area contributed by atoms with E-state index in [-0.39, 0.29) is 5.91 Å². The van der Waals surface area contributed by atoms with E-state index in [0.717, 1.165) is 5.56 Å². The van der Waals surface area contributed by atoms with Gasteiger partial charge in [-0.15, -0.1) is 11.3 Å². The standard InChI is InChI=1S/C20H18N2O4S/c1-13(19(24)25)21-20-22(18(23)15-6-4-3-5-7-15)17(12-27-20)14-8-10-16(26-2)11-9-14/h3-13H,1-2H3,(H,24,25). The number of benzene rings is 2. The van der Waals surface area contributed by atoms with E-state index in [1.54, 1.807) is 48.9 Å². The van der Waals surface area contributed by atoms with Crippen molar-refractivity contribution in [2.75, 3.05) is 7.11 Å². The van der Waals surface area contributed by atoms with E-state index in [1.807, 2.05) is 18.2 Å². The van der Waals surface area contributed by atoms with Crippen LogP contribution in [0.1, 0.15) is 17.3 Å². The summed E-state index contributed by atoms with van der Waals surface area (Å²) in [5.41, 5.74) is 1.95. The Labute approximate surface area is 160 Å². The molecule has 0 bridgehead atoms. The molecule has 0 aliphatic carbocycles. The fourth-order valence-electron chi connectivity index (χ4n) is 2.49. The quantitative estimate of drug-likeness (QED) is 0.734. The first-order chi connectivity index (χ1) is 13.0. The van der Waals surface area contributed by atoms with Crippen molar-refractivity contribution in [2.24, 2.45) is 4.99 Å². The lowest BCUT2D eigenvalue weighted by molar-refractivity contribution is -0.138. The SMILES string of the molecule is COc1ccc(-c2csc(=NC(C)C(=O)O)n2C(=O)c2ccccc2)cc1. The molecule has 6 nitrogen and oxygen atoms in total. The van der Waals surface area contributed by atoms with Gasteiger partial charge < -0.3 is 9.84 Å². The number of hydrogen-bond acceptors (Lipinski definition) is 5. The van der Waals surface area contributed by atoms with Gasteiger partial charge in [0.25, 0.3) is 5.91 Å². The van der Waals surface area contributed by atoms with Crippen LogP contribution >= 0.6 is 11.3 Å². The second-order valence-electron chi connectivity index (χ2n) is 5.78. The lowest BCUT2D eigenvalue weighted by Crippen LogP contribution is -2.27. The highest BCUT2D eigenvalue weighted by Gasteiger charge is 2.18. The third-order valence-corrected chi connectivity index (χ3v) is 4.82. The average Bonchev–Trinajstić information content (AvgIpc) is 3.11. The zero-order valence-electron chi connectivity index (χ0n) is 14.8. The average molecular weight is 382 g/mol. The van der Waals surface area contributed by atoms with E-state index >= 15 is 0 Å². The van der Waals surface area contributed by atoms with Crippen LogP contribution in [0.3, 0.4) is 0 Å². The van der Waals surface area contributed by atoms with Gasteiger partial charge >= 0.3 is 5.97 Å². The van der Waals surface area contributed by atoms with Crippen molar-refractivity contribution in [3.63, 3.8) is 0 Å². The van der Waals surface area contributed by atoms with Crippen LogP contribution < -0.4 is 9.54 Å². The van der Waals surface area contributed by atoms with Crippen LogP contribution in [-0.4, -0.2) is 34.7 Å². The molecule has 1 aromatic heterocycles. The summed E-state index contributed by atoms with van der Waals surface area (Å²) < 4.78 is 6.64. The summed E-state index contributed by atoms with van der Waals surface area (Å²) in [6.45, 7) is 1.48. The zero-order chi connectivity index (χ0) is 19.4. The monoisotopic (exact) mass is 382 g/mol. The third kappa shape index (κ3) is 3.98. The Morgan fingerprint density at radius 1 is 1.11 bits per heavy atom. The number of hydrogen-bond donors (Lipinski definition) is 1. The Kier molecular flexibility index (Phi) is 5.52. The van der Waals surface area contributed by atoms with Gasteiger partial charge in [0, 0.05) is 10.9 Å². The molecule has 0 aliphatic heterocycles. The van der Waals surface area contributed by atoms with Crippen molar-refractivity contribution in [1.82, 2.24) is 4.57 Å². The van der Waals surface area contributed by atoms with Crippen molar-refractivity contribution in [1.29, 1.82) is 0 Å². The fourth-order valence-corrected chi connectivity index (χ4v) is 3.46. The largest absolute Gasteiger partial charge is 0.497 e. The topological polar surface area (TPSA) is 80.9 Å². The number of ether oxygens (including phenoxy) is 1. The number of methoxy groups -OCH3 is 1. The number of carboxylic acid groups (broad SMARTS) is 1. The van der Waals surface area contributed by atoms with E-state index < -0.39 is 12.0 Å². The van der Waals surface area contributed by atoms with Crippen LogP contribution in [0.2, 0.25) is 0 Å². The highest BCUT2D eigenvalue weighted by molar-refractivity contribution is 7.07. The Balaban J connectivity index is 2.18. The van der Waals surface area contributed by atoms with Crippen LogP contribution in [0.15, 0.2) is 65.0 Å². The minimum Gasteiger partial charge on any atom is -0.497 e. The van der Waals surface area contributed by atoms with Crippen LogP contribution in [0, 0.1) is 0 Å². The van der Waals surface area contributed by atoms with Gasteiger partial charge in [0.2, 0.25) is 0 Å². The van der Waals surface area contributed by atoms with Crippen molar-refractivity contribution < 1.29 is 19.4 Å². The van der Waals surface area contributed by atoms with Gasteiger partial charge in [0.1, 0.15) is 11.8 Å². The summed E-state index contributed by atoms with van der Waals surface area (Å²) in [4.78, 5) is 28.9. The van der Waals surface area contributed by atoms with E-state index in [2.05, 4.69) is 4.99 Å². The number of aromatic nitrogens is 1. The molecule has 1 heterocycles. The highest BCUT2D eigenvalue weighted by Crippen LogP contribution is 2.24. The number of nitrogens with zero attached hydrogens (tertiary/aromatic N) is 2. The molecule has 1 unspecified atom stereocenters. The number of thiazole rings is 1. The van der Waals surface area contributed by atoms with E-state index in [0.29, 0.717) is 21.8 Å². The molecule has 27 heavy (non-hydrogen) atoms. The molecule has 0 saturated carbocycles. The lowest BCUT2D eigenvalue weighted by atomic mass is 10.1. The minimum atomic E-state index is -1.05. The van der Waals surface area contributed by atoms with Crippen LogP contribution in [0.5, 0.6) is 5.75 Å². The van der Waals surface area contributed by atoms with Crippen molar-refractivity contribution >= 4 is 23.2 Å². The van der Waals surface area contributed by atoms with Gasteiger partial charge in [-0.2, -0.15) is 0 Å². The second-order valence-corrected chi connectivity index (χ2v) is 6.62. The summed E-state index contributed by atoms with van der Waals surface area (Å²) in [6.07, 6.45) is 0. The lowest BCUT2D eigenvalue weighted by Gasteiger charge is -2.09. The number of carbonyl (C=O) groups excluding carboxylic acids is 1. The number of carboxylic acids is 1. The first-order valence-corrected chi connectivity index (χ1v) is 9.10. The van der Waals surface area contributed by atoms with Crippen molar-refractivity contribution in [2.45, 2.75) is 13.0 Å². The number of aliphatic carboxylic acids is 1. The Bertz CT molecular complexity index is 1020. The minimum absolute atomic E-state index is 0.265. The first kappa shape index (κ1) is 18.6. The molecule has 7 heteroatoms. The van der Waals surface area contributed by atoms with Crippen molar-refractivity contribution in [3.8, 4) is 17.0 Å². The van der Waals surface area contributed by atoms with Crippen LogP contribution in [0.25, 0.3) is 11.3 Å². The summed E-state index contributed by atoms with van der Waals surface area (Å²) in [6, 6.07) is 15.2. The molecule has 0 saturated heterocycles. The molecule has 0 amide bonds. The summed E-state index contributed by atoms with van der Waals surface area (Å²) >= 11 is 1.23. The van der Waals surface area contributed by atoms with Gasteiger partial charge in [0.15, 0.2) is 4.80 Å². The summed E-state index contributed by atoms with van der Waals surface area (Å²) in [7, 11) is 1.59. The van der Waals surface area contributed by atoms with Crippen molar-refractivity contribution in [3.05, 3.63) is 70.3 Å². The fraction of sp³-hybridized carbons (Fsp3) is 0.150.